The van der Waals surface area contributed by atoms with Gasteiger partial charge in [-0.2, -0.15) is 13.2 Å². The second-order valence-electron chi connectivity index (χ2n) is 9.81. The van der Waals surface area contributed by atoms with Crippen LogP contribution in [0.25, 0.3) is 10.9 Å². The Hall–Kier alpha value is -3.84. The zero-order valence-corrected chi connectivity index (χ0v) is 24.5. The number of alkyl halides is 3. The van der Waals surface area contributed by atoms with Crippen LogP contribution in [0.1, 0.15) is 43.2 Å². The van der Waals surface area contributed by atoms with Gasteiger partial charge in [0.25, 0.3) is 0 Å². The number of nitrogens with zero attached hydrogens (tertiary/aromatic N) is 2. The molecule has 2 atom stereocenters. The van der Waals surface area contributed by atoms with E-state index in [0.717, 1.165) is 25.2 Å². The Morgan fingerprint density at radius 2 is 1.88 bits per heavy atom. The van der Waals surface area contributed by atoms with Gasteiger partial charge in [-0.3, -0.25) is 0 Å². The van der Waals surface area contributed by atoms with Crippen molar-refractivity contribution >= 4 is 28.2 Å². The number of carbonyl (C=O) groups excluding carboxylic acids is 1. The highest BCUT2D eigenvalue weighted by Crippen LogP contribution is 2.32. The molecular formula is C31H39F3N4O3. The fraction of sp³-hybridized carbons (Fsp3) is 0.452. The normalized spacial score (nSPS) is 17.1. The zero-order chi connectivity index (χ0) is 30.2. The number of methoxy groups -OCH3 is 2. The number of nitrogens with one attached hydrogen (secondary N) is 2. The first-order chi connectivity index (χ1) is 19.6. The summed E-state index contributed by atoms with van der Waals surface area (Å²) >= 11 is 0. The molecule has 0 spiro atoms. The Labute approximate surface area is 240 Å². The third-order valence-corrected chi connectivity index (χ3v) is 6.94. The highest BCUT2D eigenvalue weighted by atomic mass is 19.4. The molecule has 0 amide bonds. The van der Waals surface area contributed by atoms with E-state index in [9.17, 15) is 18.0 Å². The van der Waals surface area contributed by atoms with Gasteiger partial charge in [-0.1, -0.05) is 32.8 Å². The van der Waals surface area contributed by atoms with Gasteiger partial charge in [0, 0.05) is 23.7 Å². The molecule has 1 aliphatic heterocycles. The monoisotopic (exact) mass is 572 g/mol. The Kier molecular flexibility index (Phi) is 11.0. The summed E-state index contributed by atoms with van der Waals surface area (Å²) in [4.78, 5) is 14.1. The van der Waals surface area contributed by atoms with Crippen LogP contribution < -0.4 is 15.4 Å². The number of likely N-dealkylation sites (tertiary alicyclic amines) is 1. The number of piperidine rings is 1. The topological polar surface area (TPSA) is 67.8 Å². The standard InChI is InChI=1S/C29H33F3N4O3.C2H6/c1-19-17-35(2)14-12-23(19)34-24-8-5-9-26-22(24)16-21(36(26)18-29(30,31)32)7-6-13-33-25-11-10-20(28(37)39-4)15-27(25)38-3;1-2/h5,8-11,15-16,19,23,33-34H,12-14,17-18H2,1-4H3;1-2H3. The number of ether oxygens (including phenoxy) is 2. The van der Waals surface area contributed by atoms with Gasteiger partial charge < -0.3 is 29.6 Å². The number of rotatable bonds is 7. The summed E-state index contributed by atoms with van der Waals surface area (Å²) in [5.74, 6) is 6.18. The van der Waals surface area contributed by atoms with Crippen molar-refractivity contribution in [1.82, 2.24) is 9.47 Å². The van der Waals surface area contributed by atoms with Crippen molar-refractivity contribution in [2.75, 3.05) is 51.5 Å². The summed E-state index contributed by atoms with van der Waals surface area (Å²) in [7, 11) is 4.86. The maximum absolute atomic E-state index is 13.5. The molecule has 10 heteroatoms. The molecule has 2 heterocycles. The molecule has 2 N–H and O–H groups in total. The first kappa shape index (κ1) is 31.7. The van der Waals surface area contributed by atoms with E-state index >= 15 is 0 Å². The molecule has 4 rings (SSSR count). The number of fused-ring (bicyclic) bond motifs is 1. The van der Waals surface area contributed by atoms with Crippen LogP contribution in [-0.4, -0.2) is 68.6 Å². The zero-order valence-electron chi connectivity index (χ0n) is 24.5. The Balaban J connectivity index is 0.00000226. The van der Waals surface area contributed by atoms with Gasteiger partial charge in [0.2, 0.25) is 0 Å². The van der Waals surface area contributed by atoms with Gasteiger partial charge in [0.15, 0.2) is 0 Å². The summed E-state index contributed by atoms with van der Waals surface area (Å²) in [5, 5.41) is 7.40. The SMILES string of the molecule is CC.COC(=O)c1ccc(NCC#Cc2cc3c(NC4CCN(C)CC4C)cccc3n2CC(F)(F)F)c(OC)c1. The van der Waals surface area contributed by atoms with Crippen LogP contribution in [0.3, 0.4) is 0 Å². The Morgan fingerprint density at radius 3 is 2.54 bits per heavy atom. The molecule has 7 nitrogen and oxygen atoms in total. The highest BCUT2D eigenvalue weighted by Gasteiger charge is 2.30. The van der Waals surface area contributed by atoms with Gasteiger partial charge in [-0.25, -0.2) is 4.79 Å². The minimum atomic E-state index is -4.40. The smallest absolute Gasteiger partial charge is 0.406 e. The number of carbonyl (C=O) groups is 1. The van der Waals surface area contributed by atoms with Crippen molar-refractivity contribution < 1.29 is 27.4 Å². The minimum absolute atomic E-state index is 0.152. The van der Waals surface area contributed by atoms with Gasteiger partial charge in [-0.15, -0.1) is 0 Å². The third-order valence-electron chi connectivity index (χ3n) is 6.94. The quantitative estimate of drug-likeness (QED) is 0.258. The van der Waals surface area contributed by atoms with E-state index in [-0.39, 0.29) is 18.3 Å². The second-order valence-corrected chi connectivity index (χ2v) is 9.81. The molecule has 0 aliphatic carbocycles. The summed E-state index contributed by atoms with van der Waals surface area (Å²) in [6, 6.07) is 12.1. The van der Waals surface area contributed by atoms with Crippen molar-refractivity contribution in [3.05, 3.63) is 53.7 Å². The summed E-state index contributed by atoms with van der Waals surface area (Å²) in [6.45, 7) is 7.13. The van der Waals surface area contributed by atoms with E-state index in [1.54, 1.807) is 36.4 Å². The van der Waals surface area contributed by atoms with Crippen LogP contribution in [0.4, 0.5) is 24.5 Å². The fourth-order valence-electron chi connectivity index (χ4n) is 4.99. The number of esters is 1. The lowest BCUT2D eigenvalue weighted by atomic mass is 9.94. The molecule has 1 fully saturated rings. The molecule has 3 aromatic rings. The Bertz CT molecular complexity index is 1390. The average Bonchev–Trinajstić information content (AvgIpc) is 3.29. The molecule has 2 aromatic carbocycles. The van der Waals surface area contributed by atoms with Crippen molar-refractivity contribution in [3.63, 3.8) is 0 Å². The number of halogens is 3. The number of benzene rings is 2. The number of hydrogen-bond donors (Lipinski definition) is 2. The molecular weight excluding hydrogens is 533 g/mol. The average molecular weight is 573 g/mol. The van der Waals surface area contributed by atoms with Gasteiger partial charge in [-0.05, 0) is 68.2 Å². The lowest BCUT2D eigenvalue weighted by Crippen LogP contribution is -2.43. The van der Waals surface area contributed by atoms with Crippen LogP contribution in [0.2, 0.25) is 0 Å². The fourth-order valence-corrected chi connectivity index (χ4v) is 4.99. The van der Waals surface area contributed by atoms with Crippen LogP contribution in [0, 0.1) is 17.8 Å². The lowest BCUT2D eigenvalue weighted by Gasteiger charge is -2.36. The maximum atomic E-state index is 13.5. The molecule has 1 aliphatic rings. The largest absolute Gasteiger partial charge is 0.495 e. The van der Waals surface area contributed by atoms with Crippen LogP contribution >= 0.6 is 0 Å². The Morgan fingerprint density at radius 1 is 1.12 bits per heavy atom. The minimum Gasteiger partial charge on any atom is -0.495 e. The van der Waals surface area contributed by atoms with Gasteiger partial charge in [0.05, 0.1) is 43.2 Å². The van der Waals surface area contributed by atoms with E-state index in [0.29, 0.717) is 33.8 Å². The molecule has 2 unspecified atom stereocenters. The first-order valence-electron chi connectivity index (χ1n) is 13.7. The van der Waals surface area contributed by atoms with Gasteiger partial charge in [0.1, 0.15) is 12.3 Å². The molecule has 222 valence electrons. The predicted octanol–water partition coefficient (Wildman–Crippen LogP) is 6.24. The summed E-state index contributed by atoms with van der Waals surface area (Å²) < 4.78 is 51.9. The third kappa shape index (κ3) is 8.10. The molecule has 0 saturated carbocycles. The second kappa shape index (κ2) is 14.2. The van der Waals surface area contributed by atoms with E-state index in [1.165, 1.54) is 18.8 Å². The maximum Gasteiger partial charge on any atom is 0.406 e. The highest BCUT2D eigenvalue weighted by molar-refractivity contribution is 5.94. The first-order valence-corrected chi connectivity index (χ1v) is 13.7. The van der Waals surface area contributed by atoms with E-state index in [2.05, 4.69) is 41.3 Å². The summed E-state index contributed by atoms with van der Waals surface area (Å²) in [5.41, 5.74) is 2.50. The summed E-state index contributed by atoms with van der Waals surface area (Å²) in [6.07, 6.45) is -3.44. The van der Waals surface area contributed by atoms with Crippen molar-refractivity contribution in [1.29, 1.82) is 0 Å². The number of aromatic nitrogens is 1. The number of hydrogen-bond acceptors (Lipinski definition) is 6. The molecule has 1 aromatic heterocycles. The molecule has 0 radical (unpaired) electrons. The van der Waals surface area contributed by atoms with Crippen molar-refractivity contribution in [2.24, 2.45) is 5.92 Å². The van der Waals surface area contributed by atoms with Crippen LogP contribution in [-0.2, 0) is 11.3 Å². The van der Waals surface area contributed by atoms with Crippen molar-refractivity contribution in [3.8, 4) is 17.6 Å². The van der Waals surface area contributed by atoms with Crippen LogP contribution in [0.15, 0.2) is 42.5 Å². The number of anilines is 2. The van der Waals surface area contributed by atoms with E-state index < -0.39 is 18.7 Å². The van der Waals surface area contributed by atoms with Gasteiger partial charge >= 0.3 is 12.1 Å². The van der Waals surface area contributed by atoms with E-state index in [4.69, 9.17) is 9.47 Å². The van der Waals surface area contributed by atoms with Crippen LogP contribution in [0.5, 0.6) is 5.75 Å². The molecule has 41 heavy (non-hydrogen) atoms. The molecule has 1 saturated heterocycles. The lowest BCUT2D eigenvalue weighted by molar-refractivity contribution is -0.140. The van der Waals surface area contributed by atoms with E-state index in [1.807, 2.05) is 19.9 Å². The molecule has 0 bridgehead atoms. The predicted molar refractivity (Wildman–Crippen MR) is 158 cm³/mol. The van der Waals surface area contributed by atoms with Crippen molar-refractivity contribution in [2.45, 2.75) is 46.0 Å².